The molecule has 0 fully saturated rings. The van der Waals surface area contributed by atoms with Gasteiger partial charge in [-0.25, -0.2) is 8.42 Å². The van der Waals surface area contributed by atoms with Crippen LogP contribution in [0.25, 0.3) is 0 Å². The van der Waals surface area contributed by atoms with E-state index in [0.717, 1.165) is 22.4 Å². The molecule has 32 heavy (non-hydrogen) atoms. The summed E-state index contributed by atoms with van der Waals surface area (Å²) in [6, 6.07) is 35.1. The smallest absolute Gasteiger partial charge is 0.259 e. The van der Waals surface area contributed by atoms with Crippen molar-refractivity contribution in [3.63, 3.8) is 0 Å². The Labute approximate surface area is 190 Å². The molecule has 1 heterocycles. The zero-order chi connectivity index (χ0) is 22.1. The summed E-state index contributed by atoms with van der Waals surface area (Å²) in [6.07, 6.45) is 0.677. The third-order valence-electron chi connectivity index (χ3n) is 6.26. The molecule has 0 spiro atoms. The predicted molar refractivity (Wildman–Crippen MR) is 129 cm³/mol. The molecule has 0 N–H and O–H groups in total. The first-order chi connectivity index (χ1) is 15.6. The number of hydrogen-bond acceptors (Lipinski definition) is 2. The van der Waals surface area contributed by atoms with E-state index < -0.39 is 10.0 Å². The molecule has 0 saturated heterocycles. The van der Waals surface area contributed by atoms with Gasteiger partial charge in [-0.3, -0.25) is 4.31 Å². The van der Waals surface area contributed by atoms with Crippen molar-refractivity contribution in [1.82, 2.24) is 0 Å². The molecule has 160 valence electrons. The van der Waals surface area contributed by atoms with Gasteiger partial charge in [0.25, 0.3) is 10.0 Å². The molecule has 0 bridgehead atoms. The Morgan fingerprint density at radius 1 is 0.688 bits per heavy atom. The van der Waals surface area contributed by atoms with E-state index in [-0.39, 0.29) is 12.0 Å². The summed E-state index contributed by atoms with van der Waals surface area (Å²) in [5, 5.41) is 0. The Hall–Kier alpha value is -3.37. The van der Waals surface area contributed by atoms with Crippen LogP contribution >= 0.6 is 0 Å². The minimum Gasteiger partial charge on any atom is -0.259 e. The number of anilines is 1. The topological polar surface area (TPSA) is 37.4 Å². The maximum atomic E-state index is 14.0. The van der Waals surface area contributed by atoms with Crippen molar-refractivity contribution in [1.29, 1.82) is 0 Å². The van der Waals surface area contributed by atoms with Crippen LogP contribution < -0.4 is 4.31 Å². The number of aryl methyl sites for hydroxylation is 1. The number of benzene rings is 4. The molecule has 3 nitrogen and oxygen atoms in total. The van der Waals surface area contributed by atoms with Crippen LogP contribution in [0.15, 0.2) is 114 Å². The van der Waals surface area contributed by atoms with Gasteiger partial charge in [0.15, 0.2) is 0 Å². The molecule has 4 aromatic rings. The van der Waals surface area contributed by atoms with Crippen LogP contribution in [-0.2, 0) is 10.0 Å². The molecule has 5 rings (SSSR count). The van der Waals surface area contributed by atoms with Crippen LogP contribution in [0.5, 0.6) is 0 Å². The summed E-state index contributed by atoms with van der Waals surface area (Å²) in [7, 11) is -3.76. The average Bonchev–Trinajstić information content (AvgIpc) is 2.84. The predicted octanol–water partition coefficient (Wildman–Crippen LogP) is 6.47. The summed E-state index contributed by atoms with van der Waals surface area (Å²) < 4.78 is 29.7. The normalized spacial score (nSPS) is 18.2. The lowest BCUT2D eigenvalue weighted by molar-refractivity contribution is 0.535. The second-order valence-electron chi connectivity index (χ2n) is 8.30. The maximum absolute atomic E-state index is 14.0. The van der Waals surface area contributed by atoms with Gasteiger partial charge in [0.1, 0.15) is 0 Å². The highest BCUT2D eigenvalue weighted by Crippen LogP contribution is 2.49. The highest BCUT2D eigenvalue weighted by molar-refractivity contribution is 7.92. The number of para-hydroxylation sites is 1. The number of nitrogens with zero attached hydrogens (tertiary/aromatic N) is 1. The standard InChI is InChI=1S/C28H25NO2S/c1-21-16-18-24(19-17-21)32(30,31)29-27-15-9-8-14-25(27)26(22-10-4-2-5-11-22)20-28(29)23-12-6-3-7-13-23/h2-19,26,28H,20H2,1H3/t26-,28+/m1/s1. The van der Waals surface area contributed by atoms with Gasteiger partial charge in [-0.05, 0) is 48.2 Å². The first-order valence-corrected chi connectivity index (χ1v) is 12.3. The summed E-state index contributed by atoms with van der Waals surface area (Å²) >= 11 is 0. The highest BCUT2D eigenvalue weighted by atomic mass is 32.2. The number of fused-ring (bicyclic) bond motifs is 1. The number of rotatable bonds is 4. The van der Waals surface area contributed by atoms with E-state index in [9.17, 15) is 8.42 Å². The Morgan fingerprint density at radius 2 is 1.25 bits per heavy atom. The fourth-order valence-corrected chi connectivity index (χ4v) is 6.34. The quantitative estimate of drug-likeness (QED) is 0.366. The minimum absolute atomic E-state index is 0.113. The molecule has 0 radical (unpaired) electrons. The van der Waals surface area contributed by atoms with Crippen LogP contribution in [-0.4, -0.2) is 8.42 Å². The monoisotopic (exact) mass is 439 g/mol. The minimum atomic E-state index is -3.76. The second kappa shape index (κ2) is 8.29. The van der Waals surface area contributed by atoms with E-state index in [4.69, 9.17) is 0 Å². The van der Waals surface area contributed by atoms with Crippen molar-refractivity contribution in [3.8, 4) is 0 Å². The third kappa shape index (κ3) is 3.61. The van der Waals surface area contributed by atoms with Crippen LogP contribution in [0.1, 0.15) is 40.6 Å². The molecule has 2 atom stereocenters. The second-order valence-corrected chi connectivity index (χ2v) is 10.1. The fraction of sp³-hybridized carbons (Fsp3) is 0.143. The van der Waals surface area contributed by atoms with Gasteiger partial charge in [0.2, 0.25) is 0 Å². The van der Waals surface area contributed by atoms with E-state index in [1.54, 1.807) is 16.4 Å². The van der Waals surface area contributed by atoms with Gasteiger partial charge in [0, 0.05) is 5.92 Å². The molecular weight excluding hydrogens is 414 g/mol. The Morgan fingerprint density at radius 3 is 1.91 bits per heavy atom. The molecule has 0 aliphatic carbocycles. The molecule has 4 heteroatoms. The number of hydrogen-bond donors (Lipinski definition) is 0. The zero-order valence-electron chi connectivity index (χ0n) is 17.9. The Kier molecular flexibility index (Phi) is 5.32. The van der Waals surface area contributed by atoms with Gasteiger partial charge in [-0.1, -0.05) is 96.6 Å². The van der Waals surface area contributed by atoms with Gasteiger partial charge in [-0.2, -0.15) is 0 Å². The van der Waals surface area contributed by atoms with E-state index in [0.29, 0.717) is 11.3 Å². The summed E-state index contributed by atoms with van der Waals surface area (Å²) in [6.45, 7) is 1.96. The lowest BCUT2D eigenvalue weighted by Crippen LogP contribution is -2.39. The zero-order valence-corrected chi connectivity index (χ0v) is 18.7. The Balaban J connectivity index is 1.73. The molecule has 0 saturated carbocycles. The third-order valence-corrected chi connectivity index (χ3v) is 8.09. The molecule has 1 aliphatic rings. The SMILES string of the molecule is Cc1ccc(S(=O)(=O)N2c3ccccc3[C@@H](c3ccccc3)C[C@H]2c2ccccc2)cc1. The lowest BCUT2D eigenvalue weighted by atomic mass is 9.80. The van der Waals surface area contributed by atoms with Crippen molar-refractivity contribution in [3.05, 3.63) is 131 Å². The van der Waals surface area contributed by atoms with Gasteiger partial charge >= 0.3 is 0 Å². The summed E-state index contributed by atoms with van der Waals surface area (Å²) in [5.74, 6) is 0.113. The van der Waals surface area contributed by atoms with Crippen molar-refractivity contribution >= 4 is 15.7 Å². The van der Waals surface area contributed by atoms with Gasteiger partial charge in [0.05, 0.1) is 16.6 Å². The molecule has 0 amide bonds. The maximum Gasteiger partial charge on any atom is 0.264 e. The molecular formula is C28H25NO2S. The lowest BCUT2D eigenvalue weighted by Gasteiger charge is -2.41. The van der Waals surface area contributed by atoms with Crippen LogP contribution in [0, 0.1) is 6.92 Å². The van der Waals surface area contributed by atoms with Crippen molar-refractivity contribution < 1.29 is 8.42 Å². The molecule has 0 unspecified atom stereocenters. The highest BCUT2D eigenvalue weighted by Gasteiger charge is 2.40. The first kappa shape index (κ1) is 20.5. The van der Waals surface area contributed by atoms with Crippen molar-refractivity contribution in [2.45, 2.75) is 30.2 Å². The van der Waals surface area contributed by atoms with Gasteiger partial charge in [-0.15, -0.1) is 0 Å². The van der Waals surface area contributed by atoms with Gasteiger partial charge < -0.3 is 0 Å². The molecule has 4 aromatic carbocycles. The molecule has 0 aromatic heterocycles. The largest absolute Gasteiger partial charge is 0.264 e. The first-order valence-electron chi connectivity index (χ1n) is 10.9. The number of sulfonamides is 1. The summed E-state index contributed by atoms with van der Waals surface area (Å²) in [5.41, 5.74) is 5.03. The fourth-order valence-electron chi connectivity index (χ4n) is 4.67. The van der Waals surface area contributed by atoms with E-state index >= 15 is 0 Å². The van der Waals surface area contributed by atoms with Crippen molar-refractivity contribution in [2.75, 3.05) is 4.31 Å². The molecule has 1 aliphatic heterocycles. The van der Waals surface area contributed by atoms with Crippen molar-refractivity contribution in [2.24, 2.45) is 0 Å². The van der Waals surface area contributed by atoms with Crippen LogP contribution in [0.4, 0.5) is 5.69 Å². The van der Waals surface area contributed by atoms with Crippen LogP contribution in [0.2, 0.25) is 0 Å². The van der Waals surface area contributed by atoms with Crippen LogP contribution in [0.3, 0.4) is 0 Å². The summed E-state index contributed by atoms with van der Waals surface area (Å²) in [4.78, 5) is 0.317. The van der Waals surface area contributed by atoms with E-state index in [2.05, 4.69) is 18.2 Å². The Bertz CT molecular complexity index is 1320. The van der Waals surface area contributed by atoms with E-state index in [1.165, 1.54) is 5.56 Å². The average molecular weight is 440 g/mol. The van der Waals surface area contributed by atoms with E-state index in [1.807, 2.05) is 85.8 Å².